The summed E-state index contributed by atoms with van der Waals surface area (Å²) in [5, 5.41) is 11.3. The molecule has 0 unspecified atom stereocenters. The number of nitrogens with zero attached hydrogens (tertiary/aromatic N) is 2. The molecule has 0 amide bonds. The van der Waals surface area contributed by atoms with Gasteiger partial charge in [0.05, 0.1) is 12.5 Å². The largest absolute Gasteiger partial charge is 0.370 e. The molecule has 4 nitrogen and oxygen atoms in total. The fraction of sp³-hybridized carbons (Fsp3) is 0.333. The molecule has 0 aliphatic carbocycles. The minimum absolute atomic E-state index is 0.0537. The maximum atomic E-state index is 11.1. The minimum atomic E-state index is -0.0537. The lowest BCUT2D eigenvalue weighted by atomic mass is 10.4. The fourth-order valence-corrected chi connectivity index (χ4v) is 0.988. The zero-order valence-electron chi connectivity index (χ0n) is 7.45. The van der Waals surface area contributed by atoms with Gasteiger partial charge < -0.3 is 5.32 Å². The van der Waals surface area contributed by atoms with E-state index in [4.69, 9.17) is 5.26 Å². The molecule has 1 rings (SSSR count). The predicted octanol–water partition coefficient (Wildman–Crippen LogP) is 0.711. The summed E-state index contributed by atoms with van der Waals surface area (Å²) >= 11 is 0. The van der Waals surface area contributed by atoms with E-state index in [1.54, 1.807) is 19.2 Å². The van der Waals surface area contributed by atoms with Gasteiger partial charge in [-0.3, -0.25) is 9.36 Å². The van der Waals surface area contributed by atoms with Crippen LogP contribution in [-0.4, -0.2) is 11.1 Å². The molecular formula is C9H11N3O. The molecule has 0 bridgehead atoms. The van der Waals surface area contributed by atoms with E-state index in [-0.39, 0.29) is 5.56 Å². The summed E-state index contributed by atoms with van der Waals surface area (Å²) in [6.45, 7) is 0.563. The average Bonchev–Trinajstić information content (AvgIpc) is 2.13. The minimum Gasteiger partial charge on any atom is -0.370 e. The first kappa shape index (κ1) is 9.33. The second-order valence-corrected chi connectivity index (χ2v) is 2.64. The van der Waals surface area contributed by atoms with Crippen LogP contribution in [0.5, 0.6) is 0 Å². The smallest absolute Gasteiger partial charge is 0.251 e. The standard InChI is InChI=1S/C9H11N3O/c1-12-8(11-7-3-6-10)4-2-5-9(12)13/h2,4-5,11H,3,7H2,1H3. The van der Waals surface area contributed by atoms with Gasteiger partial charge in [0, 0.05) is 19.7 Å². The van der Waals surface area contributed by atoms with E-state index in [0.717, 1.165) is 5.82 Å². The van der Waals surface area contributed by atoms with Crippen LogP contribution in [0.3, 0.4) is 0 Å². The second kappa shape index (κ2) is 4.31. The fourth-order valence-electron chi connectivity index (χ4n) is 0.988. The number of anilines is 1. The van der Waals surface area contributed by atoms with Crippen molar-refractivity contribution >= 4 is 5.82 Å². The van der Waals surface area contributed by atoms with E-state index in [0.29, 0.717) is 13.0 Å². The first-order valence-corrected chi connectivity index (χ1v) is 4.02. The quantitative estimate of drug-likeness (QED) is 0.692. The van der Waals surface area contributed by atoms with Gasteiger partial charge in [0.15, 0.2) is 0 Å². The Morgan fingerprint density at radius 3 is 3.08 bits per heavy atom. The van der Waals surface area contributed by atoms with Crippen LogP contribution in [0.15, 0.2) is 23.0 Å². The Hall–Kier alpha value is -1.76. The third-order valence-corrected chi connectivity index (χ3v) is 1.73. The maximum Gasteiger partial charge on any atom is 0.251 e. The molecule has 1 heterocycles. The zero-order chi connectivity index (χ0) is 9.68. The lowest BCUT2D eigenvalue weighted by molar-refractivity contribution is 0.854. The van der Waals surface area contributed by atoms with E-state index in [2.05, 4.69) is 5.32 Å². The molecule has 0 spiro atoms. The summed E-state index contributed by atoms with van der Waals surface area (Å²) < 4.78 is 1.51. The van der Waals surface area contributed by atoms with Crippen molar-refractivity contribution in [3.63, 3.8) is 0 Å². The summed E-state index contributed by atoms with van der Waals surface area (Å²) in [6.07, 6.45) is 0.434. The van der Waals surface area contributed by atoms with E-state index in [1.807, 2.05) is 6.07 Å². The van der Waals surface area contributed by atoms with Gasteiger partial charge in [-0.1, -0.05) is 6.07 Å². The number of nitrogens with one attached hydrogen (secondary N) is 1. The highest BCUT2D eigenvalue weighted by Crippen LogP contribution is 2.00. The van der Waals surface area contributed by atoms with Gasteiger partial charge in [0.2, 0.25) is 0 Å². The van der Waals surface area contributed by atoms with E-state index >= 15 is 0 Å². The Morgan fingerprint density at radius 1 is 1.62 bits per heavy atom. The van der Waals surface area contributed by atoms with Crippen molar-refractivity contribution in [3.8, 4) is 6.07 Å². The number of hydrogen-bond acceptors (Lipinski definition) is 3. The highest BCUT2D eigenvalue weighted by molar-refractivity contribution is 5.34. The highest BCUT2D eigenvalue weighted by atomic mass is 16.1. The molecule has 1 aromatic rings. The topological polar surface area (TPSA) is 57.8 Å². The molecule has 13 heavy (non-hydrogen) atoms. The summed E-state index contributed by atoms with van der Waals surface area (Å²) in [5.41, 5.74) is -0.0537. The molecule has 0 aliphatic heterocycles. The van der Waals surface area contributed by atoms with Crippen LogP contribution in [0, 0.1) is 11.3 Å². The van der Waals surface area contributed by atoms with Crippen molar-refractivity contribution in [3.05, 3.63) is 28.6 Å². The summed E-state index contributed by atoms with van der Waals surface area (Å²) in [6, 6.07) is 7.01. The molecular weight excluding hydrogens is 166 g/mol. The molecule has 0 fully saturated rings. The Balaban J connectivity index is 2.73. The van der Waals surface area contributed by atoms with Crippen LogP contribution < -0.4 is 10.9 Å². The van der Waals surface area contributed by atoms with Crippen LogP contribution in [0.2, 0.25) is 0 Å². The average molecular weight is 177 g/mol. The Labute approximate surface area is 76.4 Å². The Morgan fingerprint density at radius 2 is 2.38 bits per heavy atom. The summed E-state index contributed by atoms with van der Waals surface area (Å²) in [4.78, 5) is 11.1. The van der Waals surface area contributed by atoms with Crippen LogP contribution in [-0.2, 0) is 7.05 Å². The van der Waals surface area contributed by atoms with Crippen molar-refractivity contribution in [2.24, 2.45) is 7.05 Å². The molecule has 1 N–H and O–H groups in total. The number of nitriles is 1. The van der Waals surface area contributed by atoms with Crippen molar-refractivity contribution in [1.82, 2.24) is 4.57 Å². The van der Waals surface area contributed by atoms with Crippen molar-refractivity contribution in [1.29, 1.82) is 5.26 Å². The third-order valence-electron chi connectivity index (χ3n) is 1.73. The van der Waals surface area contributed by atoms with Crippen molar-refractivity contribution < 1.29 is 0 Å². The molecule has 0 saturated carbocycles. The van der Waals surface area contributed by atoms with E-state index < -0.39 is 0 Å². The second-order valence-electron chi connectivity index (χ2n) is 2.64. The van der Waals surface area contributed by atoms with Crippen molar-refractivity contribution in [2.75, 3.05) is 11.9 Å². The molecule has 0 atom stereocenters. The van der Waals surface area contributed by atoms with Gasteiger partial charge in [-0.05, 0) is 6.07 Å². The molecule has 1 aromatic heterocycles. The Kier molecular flexibility index (Phi) is 3.09. The predicted molar refractivity (Wildman–Crippen MR) is 50.4 cm³/mol. The van der Waals surface area contributed by atoms with Gasteiger partial charge in [0.25, 0.3) is 5.56 Å². The van der Waals surface area contributed by atoms with E-state index in [1.165, 1.54) is 10.6 Å². The lowest BCUT2D eigenvalue weighted by Gasteiger charge is -2.07. The number of hydrogen-bond donors (Lipinski definition) is 1. The lowest BCUT2D eigenvalue weighted by Crippen LogP contribution is -2.19. The van der Waals surface area contributed by atoms with E-state index in [9.17, 15) is 4.79 Å². The van der Waals surface area contributed by atoms with Gasteiger partial charge in [-0.15, -0.1) is 0 Å². The molecule has 4 heteroatoms. The molecule has 0 saturated heterocycles. The third kappa shape index (κ3) is 2.34. The first-order valence-electron chi connectivity index (χ1n) is 4.02. The number of aromatic nitrogens is 1. The number of pyridine rings is 1. The molecule has 0 radical (unpaired) electrons. The number of rotatable bonds is 3. The van der Waals surface area contributed by atoms with Gasteiger partial charge in [0.1, 0.15) is 5.82 Å². The normalized spacial score (nSPS) is 9.23. The molecule has 0 aromatic carbocycles. The zero-order valence-corrected chi connectivity index (χ0v) is 7.45. The van der Waals surface area contributed by atoms with Crippen LogP contribution in [0.25, 0.3) is 0 Å². The Bertz CT molecular complexity index is 375. The van der Waals surface area contributed by atoms with Crippen molar-refractivity contribution in [2.45, 2.75) is 6.42 Å². The SMILES string of the molecule is Cn1c(NCCC#N)cccc1=O. The monoisotopic (exact) mass is 177 g/mol. The maximum absolute atomic E-state index is 11.1. The highest BCUT2D eigenvalue weighted by Gasteiger charge is 1.96. The molecule has 0 aliphatic rings. The van der Waals surface area contributed by atoms with Gasteiger partial charge in [-0.25, -0.2) is 0 Å². The summed E-state index contributed by atoms with van der Waals surface area (Å²) in [7, 11) is 1.69. The van der Waals surface area contributed by atoms with Crippen LogP contribution >= 0.6 is 0 Å². The van der Waals surface area contributed by atoms with Gasteiger partial charge >= 0.3 is 0 Å². The van der Waals surface area contributed by atoms with Crippen LogP contribution in [0.4, 0.5) is 5.82 Å². The summed E-state index contributed by atoms with van der Waals surface area (Å²) in [5.74, 6) is 0.739. The van der Waals surface area contributed by atoms with Crippen LogP contribution in [0.1, 0.15) is 6.42 Å². The van der Waals surface area contributed by atoms with Gasteiger partial charge in [-0.2, -0.15) is 5.26 Å². The molecule has 68 valence electrons. The first-order chi connectivity index (χ1) is 6.25.